The van der Waals surface area contributed by atoms with Crippen molar-refractivity contribution in [3.63, 3.8) is 0 Å². The highest BCUT2D eigenvalue weighted by atomic mass is 35.5. The van der Waals surface area contributed by atoms with E-state index >= 15 is 0 Å². The van der Waals surface area contributed by atoms with Crippen LogP contribution in [0.1, 0.15) is 18.9 Å². The molecule has 0 radical (unpaired) electrons. The summed E-state index contributed by atoms with van der Waals surface area (Å²) in [7, 11) is 0. The minimum Gasteiger partial charge on any atom is -0.334 e. The lowest BCUT2D eigenvalue weighted by Crippen LogP contribution is -2.40. The number of hydrazone groups is 1. The number of nitrogens with one attached hydrogen (secondary N) is 2. The maximum absolute atomic E-state index is 11.1. The van der Waals surface area contributed by atoms with Gasteiger partial charge in [0.25, 0.3) is 0 Å². The van der Waals surface area contributed by atoms with Crippen molar-refractivity contribution in [2.75, 3.05) is 0 Å². The lowest BCUT2D eigenvalue weighted by Gasteiger charge is -2.23. The van der Waals surface area contributed by atoms with Gasteiger partial charge in [0, 0.05) is 16.6 Å². The Kier molecular flexibility index (Phi) is 4.19. The molecule has 0 aromatic heterocycles. The summed E-state index contributed by atoms with van der Waals surface area (Å²) in [5.74, 6) is 0.539. The first-order valence-electron chi connectivity index (χ1n) is 5.97. The quantitative estimate of drug-likeness (QED) is 0.726. The summed E-state index contributed by atoms with van der Waals surface area (Å²) >= 11 is 5.93. The Labute approximate surface area is 116 Å². The van der Waals surface area contributed by atoms with Crippen molar-refractivity contribution in [1.29, 1.82) is 0 Å². The van der Waals surface area contributed by atoms with Gasteiger partial charge in [0.1, 0.15) is 5.70 Å². The first kappa shape index (κ1) is 13.6. The van der Waals surface area contributed by atoms with Crippen LogP contribution in [0.15, 0.2) is 40.8 Å². The Hall–Kier alpha value is -1.85. The molecule has 1 aromatic carbocycles. The molecular formula is C13H15ClN4O. The third-order valence-electron chi connectivity index (χ3n) is 2.86. The van der Waals surface area contributed by atoms with E-state index < -0.39 is 0 Å². The van der Waals surface area contributed by atoms with Crippen molar-refractivity contribution < 1.29 is 4.79 Å². The second-order valence-electron chi connectivity index (χ2n) is 4.17. The highest BCUT2D eigenvalue weighted by Gasteiger charge is 2.19. The number of amidine groups is 1. The molecule has 0 bridgehead atoms. The molecule has 19 heavy (non-hydrogen) atoms. The lowest BCUT2D eigenvalue weighted by atomic mass is 10.1. The Bertz CT molecular complexity index is 553. The molecule has 0 amide bonds. The molecule has 4 N–H and O–H groups in total. The molecule has 0 saturated carbocycles. The minimum atomic E-state index is -0.252. The number of halogens is 1. The number of rotatable bonds is 4. The van der Waals surface area contributed by atoms with Crippen LogP contribution in [-0.4, -0.2) is 18.2 Å². The van der Waals surface area contributed by atoms with Crippen molar-refractivity contribution in [2.45, 2.75) is 19.4 Å². The normalized spacial score (nSPS) is 16.3. The monoisotopic (exact) mass is 278 g/mol. The molecule has 1 unspecified atom stereocenters. The molecule has 1 heterocycles. The first-order chi connectivity index (χ1) is 9.15. The van der Waals surface area contributed by atoms with E-state index in [4.69, 9.17) is 17.3 Å². The van der Waals surface area contributed by atoms with Crippen LogP contribution in [0.4, 0.5) is 0 Å². The van der Waals surface area contributed by atoms with E-state index in [1.54, 1.807) is 12.1 Å². The second kappa shape index (κ2) is 5.86. The molecule has 2 rings (SSSR count). The fourth-order valence-electron chi connectivity index (χ4n) is 1.75. The van der Waals surface area contributed by atoms with Crippen LogP contribution < -0.4 is 16.5 Å². The zero-order valence-electron chi connectivity index (χ0n) is 10.5. The van der Waals surface area contributed by atoms with Crippen LogP contribution in [-0.2, 0) is 4.79 Å². The second-order valence-corrected chi connectivity index (χ2v) is 4.60. The molecule has 0 spiro atoms. The summed E-state index contributed by atoms with van der Waals surface area (Å²) in [5, 5.41) is 7.77. The Balaban J connectivity index is 2.26. The van der Waals surface area contributed by atoms with Gasteiger partial charge in [0.15, 0.2) is 12.1 Å². The van der Waals surface area contributed by atoms with Crippen molar-refractivity contribution in [3.05, 3.63) is 46.2 Å². The zero-order chi connectivity index (χ0) is 13.8. The van der Waals surface area contributed by atoms with Crippen LogP contribution >= 0.6 is 11.6 Å². The molecule has 0 fully saturated rings. The van der Waals surface area contributed by atoms with Crippen LogP contribution in [0.3, 0.4) is 0 Å². The molecule has 6 heteroatoms. The van der Waals surface area contributed by atoms with Gasteiger partial charge in [-0.15, -0.1) is 0 Å². The fourth-order valence-corrected chi connectivity index (χ4v) is 1.94. The first-order valence-corrected chi connectivity index (χ1v) is 6.35. The molecule has 5 nitrogen and oxygen atoms in total. The van der Waals surface area contributed by atoms with E-state index in [-0.39, 0.29) is 6.04 Å². The zero-order valence-corrected chi connectivity index (χ0v) is 11.2. The number of hydrogen-bond acceptors (Lipinski definition) is 5. The van der Waals surface area contributed by atoms with E-state index in [0.29, 0.717) is 28.7 Å². The predicted molar refractivity (Wildman–Crippen MR) is 75.6 cm³/mol. The van der Waals surface area contributed by atoms with Gasteiger partial charge in [-0.3, -0.25) is 10.2 Å². The van der Waals surface area contributed by atoms with Gasteiger partial charge in [-0.25, -0.2) is 0 Å². The van der Waals surface area contributed by atoms with E-state index in [9.17, 15) is 4.79 Å². The van der Waals surface area contributed by atoms with Crippen molar-refractivity contribution in [1.82, 2.24) is 10.7 Å². The molecule has 1 atom stereocenters. The summed E-state index contributed by atoms with van der Waals surface area (Å²) in [6, 6.07) is 6.96. The summed E-state index contributed by atoms with van der Waals surface area (Å²) in [6.07, 6.45) is 1.44. The fraction of sp³-hybridized carbons (Fsp3) is 0.231. The standard InChI is InChI=1S/C13H15ClN4O/c1-2-10(15)12-11(7-19)16-13(18-17-12)8-4-3-5-9(14)6-8/h3-7,10,17H,2,15H2,1H3,(H,16,18). The summed E-state index contributed by atoms with van der Waals surface area (Å²) in [6.45, 7) is 1.94. The van der Waals surface area contributed by atoms with E-state index in [1.165, 1.54) is 0 Å². The van der Waals surface area contributed by atoms with Gasteiger partial charge in [-0.05, 0) is 18.6 Å². The van der Waals surface area contributed by atoms with Gasteiger partial charge < -0.3 is 11.1 Å². The Morgan fingerprint density at radius 1 is 1.53 bits per heavy atom. The van der Waals surface area contributed by atoms with Crippen molar-refractivity contribution in [2.24, 2.45) is 10.8 Å². The third kappa shape index (κ3) is 2.94. The average molecular weight is 279 g/mol. The molecule has 100 valence electrons. The molecule has 0 saturated heterocycles. The predicted octanol–water partition coefficient (Wildman–Crippen LogP) is 1.34. The molecule has 0 aliphatic carbocycles. The summed E-state index contributed by atoms with van der Waals surface area (Å²) in [5.41, 5.74) is 10.6. The van der Waals surface area contributed by atoms with Crippen LogP contribution in [0, 0.1) is 0 Å². The van der Waals surface area contributed by atoms with E-state index in [2.05, 4.69) is 15.8 Å². The summed E-state index contributed by atoms with van der Waals surface area (Å²) < 4.78 is 0. The van der Waals surface area contributed by atoms with Gasteiger partial charge in [0.2, 0.25) is 0 Å². The largest absolute Gasteiger partial charge is 0.334 e. The molecule has 1 aliphatic heterocycles. The average Bonchev–Trinajstić information content (AvgIpc) is 2.45. The van der Waals surface area contributed by atoms with Crippen molar-refractivity contribution in [3.8, 4) is 0 Å². The third-order valence-corrected chi connectivity index (χ3v) is 3.09. The van der Waals surface area contributed by atoms with Crippen LogP contribution in [0.25, 0.3) is 0 Å². The number of aldehydes is 1. The number of benzene rings is 1. The van der Waals surface area contributed by atoms with Gasteiger partial charge in [-0.2, -0.15) is 5.10 Å². The highest BCUT2D eigenvalue weighted by Crippen LogP contribution is 2.14. The highest BCUT2D eigenvalue weighted by molar-refractivity contribution is 6.31. The SMILES string of the molecule is CCC(N)C1=C(C=O)NC(c2cccc(Cl)c2)=NN1. The van der Waals surface area contributed by atoms with Crippen LogP contribution in [0.5, 0.6) is 0 Å². The number of hydrogen-bond donors (Lipinski definition) is 3. The molecular weight excluding hydrogens is 264 g/mol. The lowest BCUT2D eigenvalue weighted by molar-refractivity contribution is -0.105. The minimum absolute atomic E-state index is 0.252. The number of carbonyl (C=O) groups excluding carboxylic acids is 1. The Morgan fingerprint density at radius 3 is 2.95 bits per heavy atom. The molecule has 1 aromatic rings. The molecule has 1 aliphatic rings. The maximum atomic E-state index is 11.1. The van der Waals surface area contributed by atoms with Gasteiger partial charge in [-0.1, -0.05) is 30.7 Å². The topological polar surface area (TPSA) is 79.5 Å². The van der Waals surface area contributed by atoms with E-state index in [1.807, 2.05) is 19.1 Å². The van der Waals surface area contributed by atoms with Crippen LogP contribution in [0.2, 0.25) is 5.02 Å². The number of carbonyl (C=O) groups is 1. The van der Waals surface area contributed by atoms with Gasteiger partial charge >= 0.3 is 0 Å². The smallest absolute Gasteiger partial charge is 0.168 e. The number of nitrogens with two attached hydrogens (primary N) is 1. The number of allylic oxidation sites excluding steroid dienone is 1. The van der Waals surface area contributed by atoms with Crippen molar-refractivity contribution >= 4 is 23.7 Å². The van der Waals surface area contributed by atoms with E-state index in [0.717, 1.165) is 11.8 Å². The summed E-state index contributed by atoms with van der Waals surface area (Å²) in [4.78, 5) is 11.1. The Morgan fingerprint density at radius 2 is 2.32 bits per heavy atom. The number of nitrogens with zero attached hydrogens (tertiary/aromatic N) is 1. The van der Waals surface area contributed by atoms with Gasteiger partial charge in [0.05, 0.1) is 5.70 Å². The maximum Gasteiger partial charge on any atom is 0.168 e.